The van der Waals surface area contributed by atoms with Gasteiger partial charge < -0.3 is 5.73 Å². The average molecular weight is 198 g/mol. The molecule has 0 bridgehead atoms. The zero-order valence-corrected chi connectivity index (χ0v) is 9.67. The van der Waals surface area contributed by atoms with Crippen molar-refractivity contribution >= 4 is 0 Å². The van der Waals surface area contributed by atoms with E-state index in [1.54, 1.807) is 0 Å². The Kier molecular flexibility index (Phi) is 6.20. The number of nitrogens with two attached hydrogens (primary N) is 1. The Labute approximate surface area is 88.8 Å². The molecule has 0 unspecified atom stereocenters. The van der Waals surface area contributed by atoms with Crippen molar-refractivity contribution < 1.29 is 0 Å². The summed E-state index contributed by atoms with van der Waals surface area (Å²) in [5.41, 5.74) is 5.63. The molecule has 1 fully saturated rings. The average Bonchev–Trinajstić information content (AvgIpc) is 2.10. The van der Waals surface area contributed by atoms with Crippen molar-refractivity contribution in [3.63, 3.8) is 0 Å². The summed E-state index contributed by atoms with van der Waals surface area (Å²) in [6.45, 7) is 5.48. The molecule has 0 spiro atoms. The molecule has 2 heteroatoms. The first-order valence-electron chi connectivity index (χ1n) is 6.32. The Morgan fingerprint density at radius 1 is 1.14 bits per heavy atom. The summed E-state index contributed by atoms with van der Waals surface area (Å²) in [4.78, 5) is 2.61. The second-order valence-electron chi connectivity index (χ2n) is 4.47. The maximum absolute atomic E-state index is 5.63. The standard InChI is InChI=1S/C12H26N2/c1-2-3-4-5-10-14(11-9-13)12-7-6-8-12/h12H,2-11,13H2,1H3. The minimum atomic E-state index is 0.824. The van der Waals surface area contributed by atoms with E-state index < -0.39 is 0 Å². The fourth-order valence-electron chi connectivity index (χ4n) is 2.14. The van der Waals surface area contributed by atoms with Crippen LogP contribution in [0.2, 0.25) is 0 Å². The minimum Gasteiger partial charge on any atom is -0.329 e. The minimum absolute atomic E-state index is 0.824. The molecule has 1 rings (SSSR count). The molecule has 0 amide bonds. The first-order chi connectivity index (χ1) is 6.88. The topological polar surface area (TPSA) is 29.3 Å². The van der Waals surface area contributed by atoms with Gasteiger partial charge in [-0.1, -0.05) is 32.6 Å². The lowest BCUT2D eigenvalue weighted by Gasteiger charge is -2.37. The number of nitrogens with zero attached hydrogens (tertiary/aromatic N) is 1. The van der Waals surface area contributed by atoms with Crippen LogP contribution in [0, 0.1) is 0 Å². The Balaban J connectivity index is 2.08. The molecule has 0 atom stereocenters. The molecule has 0 aromatic carbocycles. The van der Waals surface area contributed by atoms with E-state index in [2.05, 4.69) is 11.8 Å². The van der Waals surface area contributed by atoms with Gasteiger partial charge in [-0.25, -0.2) is 0 Å². The smallest absolute Gasteiger partial charge is 0.0108 e. The van der Waals surface area contributed by atoms with Crippen molar-refractivity contribution in [1.82, 2.24) is 4.90 Å². The molecule has 0 heterocycles. The predicted octanol–water partition coefficient (Wildman–Crippen LogP) is 2.38. The Morgan fingerprint density at radius 3 is 2.43 bits per heavy atom. The van der Waals surface area contributed by atoms with Crippen LogP contribution in [0.4, 0.5) is 0 Å². The highest BCUT2D eigenvalue weighted by molar-refractivity contribution is 4.80. The molecule has 1 saturated carbocycles. The quantitative estimate of drug-likeness (QED) is 0.607. The Hall–Kier alpha value is -0.0800. The largest absolute Gasteiger partial charge is 0.329 e. The zero-order chi connectivity index (χ0) is 10.2. The Morgan fingerprint density at radius 2 is 1.93 bits per heavy atom. The molecule has 0 aliphatic heterocycles. The highest BCUT2D eigenvalue weighted by atomic mass is 15.2. The second-order valence-corrected chi connectivity index (χ2v) is 4.47. The summed E-state index contributed by atoms with van der Waals surface area (Å²) < 4.78 is 0. The fraction of sp³-hybridized carbons (Fsp3) is 1.00. The summed E-state index contributed by atoms with van der Waals surface area (Å²) in [5.74, 6) is 0. The molecule has 2 nitrogen and oxygen atoms in total. The maximum atomic E-state index is 5.63. The van der Waals surface area contributed by atoms with Gasteiger partial charge in [0.2, 0.25) is 0 Å². The van der Waals surface area contributed by atoms with Gasteiger partial charge in [-0.3, -0.25) is 4.90 Å². The Bertz CT molecular complexity index is 132. The fourth-order valence-corrected chi connectivity index (χ4v) is 2.14. The van der Waals surface area contributed by atoms with E-state index in [9.17, 15) is 0 Å². The molecule has 0 saturated heterocycles. The lowest BCUT2D eigenvalue weighted by molar-refractivity contribution is 0.128. The van der Waals surface area contributed by atoms with Crippen LogP contribution in [-0.2, 0) is 0 Å². The van der Waals surface area contributed by atoms with Crippen molar-refractivity contribution in [1.29, 1.82) is 0 Å². The van der Waals surface area contributed by atoms with Crippen LogP contribution in [0.1, 0.15) is 51.9 Å². The van der Waals surface area contributed by atoms with E-state index in [0.717, 1.165) is 19.1 Å². The second kappa shape index (κ2) is 7.24. The van der Waals surface area contributed by atoms with E-state index >= 15 is 0 Å². The first-order valence-corrected chi connectivity index (χ1v) is 6.32. The van der Waals surface area contributed by atoms with E-state index in [0.29, 0.717) is 0 Å². The first kappa shape index (κ1) is 12.0. The molecule has 0 aromatic heterocycles. The SMILES string of the molecule is CCCCCCN(CCN)C1CCC1. The van der Waals surface area contributed by atoms with Crippen LogP contribution in [0.25, 0.3) is 0 Å². The summed E-state index contributed by atoms with van der Waals surface area (Å²) >= 11 is 0. The highest BCUT2D eigenvalue weighted by Crippen LogP contribution is 2.24. The van der Waals surface area contributed by atoms with Crippen LogP contribution in [-0.4, -0.2) is 30.6 Å². The van der Waals surface area contributed by atoms with Crippen molar-refractivity contribution in [2.45, 2.75) is 57.9 Å². The van der Waals surface area contributed by atoms with Gasteiger partial charge in [0, 0.05) is 19.1 Å². The number of unbranched alkanes of at least 4 members (excludes halogenated alkanes) is 3. The van der Waals surface area contributed by atoms with Crippen LogP contribution in [0.15, 0.2) is 0 Å². The van der Waals surface area contributed by atoms with Crippen molar-refractivity contribution in [3.05, 3.63) is 0 Å². The number of hydrogen-bond acceptors (Lipinski definition) is 2. The van der Waals surface area contributed by atoms with Crippen molar-refractivity contribution in [2.75, 3.05) is 19.6 Å². The zero-order valence-electron chi connectivity index (χ0n) is 9.67. The summed E-state index contributed by atoms with van der Waals surface area (Å²) in [5, 5.41) is 0. The highest BCUT2D eigenvalue weighted by Gasteiger charge is 2.23. The van der Waals surface area contributed by atoms with E-state index in [1.165, 1.54) is 51.5 Å². The van der Waals surface area contributed by atoms with Gasteiger partial charge in [-0.05, 0) is 25.8 Å². The van der Waals surface area contributed by atoms with Gasteiger partial charge in [0.25, 0.3) is 0 Å². The molecular formula is C12H26N2. The molecule has 2 N–H and O–H groups in total. The molecule has 1 aliphatic carbocycles. The van der Waals surface area contributed by atoms with E-state index in [-0.39, 0.29) is 0 Å². The molecule has 0 aromatic rings. The van der Waals surface area contributed by atoms with Crippen LogP contribution in [0.3, 0.4) is 0 Å². The third-order valence-electron chi connectivity index (χ3n) is 3.31. The molecular weight excluding hydrogens is 172 g/mol. The van der Waals surface area contributed by atoms with Gasteiger partial charge >= 0.3 is 0 Å². The summed E-state index contributed by atoms with van der Waals surface area (Å²) in [6, 6.07) is 0.875. The van der Waals surface area contributed by atoms with Crippen molar-refractivity contribution in [3.8, 4) is 0 Å². The molecule has 14 heavy (non-hydrogen) atoms. The monoisotopic (exact) mass is 198 g/mol. The lowest BCUT2D eigenvalue weighted by atomic mass is 9.91. The van der Waals surface area contributed by atoms with Gasteiger partial charge in [0.15, 0.2) is 0 Å². The van der Waals surface area contributed by atoms with E-state index in [1.807, 2.05) is 0 Å². The summed E-state index contributed by atoms with van der Waals surface area (Å²) in [6.07, 6.45) is 9.73. The van der Waals surface area contributed by atoms with Gasteiger partial charge in [-0.2, -0.15) is 0 Å². The van der Waals surface area contributed by atoms with E-state index in [4.69, 9.17) is 5.73 Å². The normalized spacial score (nSPS) is 17.4. The maximum Gasteiger partial charge on any atom is 0.0108 e. The number of rotatable bonds is 8. The molecule has 0 radical (unpaired) electrons. The van der Waals surface area contributed by atoms with Crippen molar-refractivity contribution in [2.24, 2.45) is 5.73 Å². The van der Waals surface area contributed by atoms with Crippen LogP contribution >= 0.6 is 0 Å². The third-order valence-corrected chi connectivity index (χ3v) is 3.31. The number of hydrogen-bond donors (Lipinski definition) is 1. The lowest BCUT2D eigenvalue weighted by Crippen LogP contribution is -2.43. The third kappa shape index (κ3) is 3.97. The van der Waals surface area contributed by atoms with Crippen LogP contribution < -0.4 is 5.73 Å². The van der Waals surface area contributed by atoms with Gasteiger partial charge in [0.05, 0.1) is 0 Å². The predicted molar refractivity (Wildman–Crippen MR) is 62.4 cm³/mol. The summed E-state index contributed by atoms with van der Waals surface area (Å²) in [7, 11) is 0. The molecule has 84 valence electrons. The van der Waals surface area contributed by atoms with Gasteiger partial charge in [0.1, 0.15) is 0 Å². The molecule has 1 aliphatic rings. The van der Waals surface area contributed by atoms with Gasteiger partial charge in [-0.15, -0.1) is 0 Å². The van der Waals surface area contributed by atoms with Crippen LogP contribution in [0.5, 0.6) is 0 Å².